The first kappa shape index (κ1) is 24.5. The van der Waals surface area contributed by atoms with E-state index < -0.39 is 0 Å². The summed E-state index contributed by atoms with van der Waals surface area (Å²) in [5.41, 5.74) is 7.35. The van der Waals surface area contributed by atoms with Gasteiger partial charge in [-0.2, -0.15) is 0 Å². The number of hydrogen-bond donors (Lipinski definition) is 2. The van der Waals surface area contributed by atoms with Gasteiger partial charge in [0.15, 0.2) is 11.6 Å². The summed E-state index contributed by atoms with van der Waals surface area (Å²) in [6, 6.07) is 16.2. The van der Waals surface area contributed by atoms with Gasteiger partial charge < -0.3 is 10.6 Å². The van der Waals surface area contributed by atoms with Crippen LogP contribution in [0.5, 0.6) is 0 Å². The number of para-hydroxylation sites is 2. The Morgan fingerprint density at radius 2 is 1.03 bits per heavy atom. The van der Waals surface area contributed by atoms with Crippen LogP contribution in [0.15, 0.2) is 48.5 Å². The molecule has 6 rings (SSSR count). The van der Waals surface area contributed by atoms with E-state index in [1.165, 1.54) is 0 Å². The first-order valence-corrected chi connectivity index (χ1v) is 14.1. The second-order valence-electron chi connectivity index (χ2n) is 10.5. The fourth-order valence-electron chi connectivity index (χ4n) is 5.97. The molecule has 194 valence electrons. The molecule has 2 aliphatic carbocycles. The first-order valence-electron chi connectivity index (χ1n) is 14.1. The quantitative estimate of drug-likeness (QED) is 0.240. The van der Waals surface area contributed by atoms with Crippen molar-refractivity contribution in [1.29, 1.82) is 0 Å². The molecule has 6 nitrogen and oxygen atoms in total. The largest absolute Gasteiger partial charge is 0.384 e. The standard InChI is InChI=1S/C32H34N4O2/c37-27-17-9-15-25-29(27)31(21-11-3-5-13-23(21)35-25)33-19-7-1-2-8-20-34-32-22-12-4-6-14-24(22)36-26-16-10-18-28(38)30(26)32/h3-6,11-14H,1-2,7-10,15-20H2,(H,33,35)(H,34,36). The lowest BCUT2D eigenvalue weighted by atomic mass is 9.91. The van der Waals surface area contributed by atoms with E-state index in [0.717, 1.165) is 120 Å². The normalized spacial score (nSPS) is 14.9. The number of ketones is 2. The zero-order chi connectivity index (χ0) is 25.9. The molecular formula is C32H34N4O2. The number of hydrogen-bond acceptors (Lipinski definition) is 6. The minimum Gasteiger partial charge on any atom is -0.384 e. The molecule has 0 spiro atoms. The summed E-state index contributed by atoms with van der Waals surface area (Å²) in [7, 11) is 0. The molecule has 4 aromatic rings. The van der Waals surface area contributed by atoms with Gasteiger partial charge in [0, 0.05) is 36.7 Å². The molecule has 38 heavy (non-hydrogen) atoms. The Hall–Kier alpha value is -3.80. The van der Waals surface area contributed by atoms with Crippen LogP contribution in [0.4, 0.5) is 11.4 Å². The molecule has 0 radical (unpaired) electrons. The van der Waals surface area contributed by atoms with Crippen molar-refractivity contribution < 1.29 is 9.59 Å². The predicted molar refractivity (Wildman–Crippen MR) is 153 cm³/mol. The van der Waals surface area contributed by atoms with Crippen LogP contribution in [0, 0.1) is 0 Å². The highest BCUT2D eigenvalue weighted by molar-refractivity contribution is 6.10. The van der Waals surface area contributed by atoms with E-state index in [9.17, 15) is 9.59 Å². The van der Waals surface area contributed by atoms with E-state index in [4.69, 9.17) is 9.97 Å². The van der Waals surface area contributed by atoms with Crippen LogP contribution >= 0.6 is 0 Å². The summed E-state index contributed by atoms with van der Waals surface area (Å²) in [6.07, 6.45) is 8.99. The topological polar surface area (TPSA) is 84.0 Å². The number of pyridine rings is 2. The molecule has 0 bridgehead atoms. The molecule has 2 aromatic carbocycles. The van der Waals surface area contributed by atoms with Gasteiger partial charge in [0.2, 0.25) is 0 Å². The minimum atomic E-state index is 0.211. The van der Waals surface area contributed by atoms with E-state index in [-0.39, 0.29) is 11.6 Å². The van der Waals surface area contributed by atoms with Crippen LogP contribution in [0.3, 0.4) is 0 Å². The molecule has 6 heteroatoms. The third kappa shape index (κ3) is 4.75. The van der Waals surface area contributed by atoms with Gasteiger partial charge in [-0.05, 0) is 50.7 Å². The molecule has 2 aliphatic rings. The van der Waals surface area contributed by atoms with Crippen LogP contribution in [0.25, 0.3) is 21.8 Å². The van der Waals surface area contributed by atoms with Crippen molar-refractivity contribution in [1.82, 2.24) is 9.97 Å². The van der Waals surface area contributed by atoms with Crippen LogP contribution in [0.2, 0.25) is 0 Å². The van der Waals surface area contributed by atoms with E-state index in [1.807, 2.05) is 36.4 Å². The molecular weight excluding hydrogens is 472 g/mol. The number of nitrogens with zero attached hydrogens (tertiary/aromatic N) is 2. The fourth-order valence-corrected chi connectivity index (χ4v) is 5.97. The number of fused-ring (bicyclic) bond motifs is 4. The maximum absolute atomic E-state index is 12.8. The van der Waals surface area contributed by atoms with Crippen molar-refractivity contribution in [3.05, 3.63) is 71.0 Å². The Morgan fingerprint density at radius 1 is 0.579 bits per heavy atom. The van der Waals surface area contributed by atoms with Crippen LogP contribution in [-0.4, -0.2) is 34.6 Å². The molecule has 2 N–H and O–H groups in total. The van der Waals surface area contributed by atoms with Gasteiger partial charge in [0.25, 0.3) is 0 Å². The SMILES string of the molecule is O=C1CCCc2nc3ccccc3c(NCCCCCCNc3c4c(nc5ccccc35)CCCC4=O)c21. The summed E-state index contributed by atoms with van der Waals surface area (Å²) in [4.78, 5) is 35.1. The van der Waals surface area contributed by atoms with Gasteiger partial charge in [-0.3, -0.25) is 19.6 Å². The first-order chi connectivity index (χ1) is 18.7. The number of unbranched alkanes of at least 4 members (excludes halogenated alkanes) is 3. The zero-order valence-electron chi connectivity index (χ0n) is 21.8. The molecule has 0 amide bonds. The van der Waals surface area contributed by atoms with Gasteiger partial charge in [-0.25, -0.2) is 0 Å². The lowest BCUT2D eigenvalue weighted by molar-refractivity contribution is 0.0964. The van der Waals surface area contributed by atoms with Crippen molar-refractivity contribution in [2.24, 2.45) is 0 Å². The summed E-state index contributed by atoms with van der Waals surface area (Å²) in [5, 5.41) is 9.27. The van der Waals surface area contributed by atoms with Crippen molar-refractivity contribution in [3.8, 4) is 0 Å². The van der Waals surface area contributed by atoms with Crippen molar-refractivity contribution in [2.75, 3.05) is 23.7 Å². The number of carbonyl (C=O) groups excluding carboxylic acids is 2. The number of aryl methyl sites for hydroxylation is 2. The molecule has 2 heterocycles. The highest BCUT2D eigenvalue weighted by Gasteiger charge is 2.25. The number of rotatable bonds is 9. The zero-order valence-corrected chi connectivity index (χ0v) is 21.8. The van der Waals surface area contributed by atoms with Crippen molar-refractivity contribution in [2.45, 2.75) is 64.2 Å². The van der Waals surface area contributed by atoms with Crippen LogP contribution in [0.1, 0.15) is 83.5 Å². The number of nitrogens with one attached hydrogen (secondary N) is 2. The molecule has 0 saturated carbocycles. The molecule has 0 fully saturated rings. The second-order valence-corrected chi connectivity index (χ2v) is 10.5. The molecule has 2 aromatic heterocycles. The third-order valence-corrected chi connectivity index (χ3v) is 7.83. The van der Waals surface area contributed by atoms with Crippen molar-refractivity contribution in [3.63, 3.8) is 0 Å². The highest BCUT2D eigenvalue weighted by atomic mass is 16.1. The number of Topliss-reactive ketones (excluding diaryl/α,β-unsaturated/α-hetero) is 2. The number of aromatic nitrogens is 2. The maximum Gasteiger partial charge on any atom is 0.166 e. The number of anilines is 2. The Kier molecular flexibility index (Phi) is 7.04. The van der Waals surface area contributed by atoms with Gasteiger partial charge in [-0.1, -0.05) is 49.2 Å². The summed E-state index contributed by atoms with van der Waals surface area (Å²) in [6.45, 7) is 1.66. The average molecular weight is 507 g/mol. The van der Waals surface area contributed by atoms with Gasteiger partial charge in [-0.15, -0.1) is 0 Å². The molecule has 0 saturated heterocycles. The lowest BCUT2D eigenvalue weighted by Gasteiger charge is -2.21. The van der Waals surface area contributed by atoms with Crippen LogP contribution in [-0.2, 0) is 12.8 Å². The van der Waals surface area contributed by atoms with E-state index in [1.54, 1.807) is 0 Å². The summed E-state index contributed by atoms with van der Waals surface area (Å²) in [5.74, 6) is 0.421. The lowest BCUT2D eigenvalue weighted by Crippen LogP contribution is -2.17. The summed E-state index contributed by atoms with van der Waals surface area (Å²) >= 11 is 0. The van der Waals surface area contributed by atoms with Crippen molar-refractivity contribution >= 4 is 44.7 Å². The summed E-state index contributed by atoms with van der Waals surface area (Å²) < 4.78 is 0. The minimum absolute atomic E-state index is 0.211. The van der Waals surface area contributed by atoms with Crippen LogP contribution < -0.4 is 10.6 Å². The smallest absolute Gasteiger partial charge is 0.166 e. The Morgan fingerprint density at radius 3 is 1.50 bits per heavy atom. The maximum atomic E-state index is 12.8. The third-order valence-electron chi connectivity index (χ3n) is 7.83. The van der Waals surface area contributed by atoms with E-state index >= 15 is 0 Å². The second kappa shape index (κ2) is 10.9. The Labute approximate surface area is 223 Å². The van der Waals surface area contributed by atoms with Gasteiger partial charge in [0.05, 0.1) is 44.9 Å². The molecule has 0 aliphatic heterocycles. The highest BCUT2D eigenvalue weighted by Crippen LogP contribution is 2.34. The van der Waals surface area contributed by atoms with E-state index in [0.29, 0.717) is 12.8 Å². The number of benzene rings is 2. The molecule has 0 atom stereocenters. The van der Waals surface area contributed by atoms with Gasteiger partial charge >= 0.3 is 0 Å². The predicted octanol–water partition coefficient (Wildman–Crippen LogP) is 6.91. The monoisotopic (exact) mass is 506 g/mol. The van der Waals surface area contributed by atoms with E-state index in [2.05, 4.69) is 22.8 Å². The Bertz CT molecular complexity index is 1410. The fraction of sp³-hybridized carbons (Fsp3) is 0.375. The number of carbonyl (C=O) groups is 2. The van der Waals surface area contributed by atoms with Gasteiger partial charge in [0.1, 0.15) is 0 Å². The average Bonchev–Trinajstić information content (AvgIpc) is 2.93. The molecule has 0 unspecified atom stereocenters. The Balaban J connectivity index is 1.05.